The normalized spacial score (nSPS) is 16.5. The standard InChI is InChI=1S/C20H32N2.C13H16F3N3O2/c1-5-16(2)10-11-18(4)17(3)8-6-7-9-20-13-12-19(14-21)15-22-20;1-7(20)5-6-19(2)9-4-3-8-10(13(14,15)16)12(21)18-17-11(8)9/h12-13,15-18H,5-11H2,1-4H3;9H,3-6H2,1-2H3,(H,18,21)/t16?,17?,18-;/m1./s1. The highest BCUT2D eigenvalue weighted by Crippen LogP contribution is 2.39. The van der Waals surface area contributed by atoms with Gasteiger partial charge in [0, 0.05) is 24.9 Å². The summed E-state index contributed by atoms with van der Waals surface area (Å²) in [6, 6.07) is 5.65. The van der Waals surface area contributed by atoms with Gasteiger partial charge in [0.05, 0.1) is 17.3 Å². The van der Waals surface area contributed by atoms with Gasteiger partial charge in [0.1, 0.15) is 17.4 Å². The molecule has 1 aliphatic rings. The number of aromatic amines is 1. The first-order chi connectivity index (χ1) is 20.3. The van der Waals surface area contributed by atoms with Crippen molar-refractivity contribution >= 4 is 5.78 Å². The Morgan fingerprint density at radius 3 is 2.44 bits per heavy atom. The maximum Gasteiger partial charge on any atom is 0.422 e. The minimum absolute atomic E-state index is 0.0190. The van der Waals surface area contributed by atoms with Gasteiger partial charge >= 0.3 is 6.18 Å². The molecule has 1 N–H and O–H groups in total. The molecule has 10 heteroatoms. The quantitative estimate of drug-likeness (QED) is 0.225. The molecule has 4 atom stereocenters. The topological polar surface area (TPSA) is 103 Å². The van der Waals surface area contributed by atoms with E-state index in [-0.39, 0.29) is 29.5 Å². The summed E-state index contributed by atoms with van der Waals surface area (Å²) in [6.45, 7) is 11.4. The first-order valence-electron chi connectivity index (χ1n) is 15.5. The lowest BCUT2D eigenvalue weighted by atomic mass is 9.85. The lowest BCUT2D eigenvalue weighted by Gasteiger charge is -2.23. The van der Waals surface area contributed by atoms with E-state index in [1.807, 2.05) is 17.2 Å². The number of hydrogen-bond acceptors (Lipinski definition) is 6. The number of alkyl halides is 3. The molecular formula is C33H48F3N5O2. The van der Waals surface area contributed by atoms with E-state index in [0.29, 0.717) is 24.9 Å². The van der Waals surface area contributed by atoms with Crippen LogP contribution in [0.5, 0.6) is 0 Å². The van der Waals surface area contributed by atoms with Crippen molar-refractivity contribution in [1.29, 1.82) is 5.26 Å². The van der Waals surface area contributed by atoms with Gasteiger partial charge in [-0.05, 0) is 75.1 Å². The Morgan fingerprint density at radius 1 is 1.16 bits per heavy atom. The fraction of sp³-hybridized carbons (Fsp3) is 0.667. The van der Waals surface area contributed by atoms with E-state index in [9.17, 15) is 22.8 Å². The van der Waals surface area contributed by atoms with Gasteiger partial charge in [0.2, 0.25) is 0 Å². The van der Waals surface area contributed by atoms with Gasteiger partial charge in [-0.25, -0.2) is 5.10 Å². The largest absolute Gasteiger partial charge is 0.422 e. The van der Waals surface area contributed by atoms with Crippen LogP contribution in [0.25, 0.3) is 0 Å². The van der Waals surface area contributed by atoms with E-state index in [4.69, 9.17) is 5.26 Å². The Balaban J connectivity index is 0.000000300. The van der Waals surface area contributed by atoms with Crippen LogP contribution in [0.2, 0.25) is 0 Å². The van der Waals surface area contributed by atoms with E-state index in [1.165, 1.54) is 45.4 Å². The minimum Gasteiger partial charge on any atom is -0.300 e. The maximum atomic E-state index is 13.0. The third kappa shape index (κ3) is 11.5. The van der Waals surface area contributed by atoms with Crippen molar-refractivity contribution in [3.63, 3.8) is 0 Å². The summed E-state index contributed by atoms with van der Waals surface area (Å²) in [5.74, 6) is 2.54. The van der Waals surface area contributed by atoms with Gasteiger partial charge in [-0.1, -0.05) is 59.8 Å². The molecule has 0 saturated heterocycles. The van der Waals surface area contributed by atoms with Crippen molar-refractivity contribution in [3.05, 3.63) is 56.8 Å². The van der Waals surface area contributed by atoms with E-state index >= 15 is 0 Å². The second kappa shape index (κ2) is 17.3. The fourth-order valence-corrected chi connectivity index (χ4v) is 5.40. The van der Waals surface area contributed by atoms with E-state index in [1.54, 1.807) is 18.1 Å². The Morgan fingerprint density at radius 2 is 1.86 bits per heavy atom. The Kier molecular flexibility index (Phi) is 14.5. The molecule has 0 amide bonds. The lowest BCUT2D eigenvalue weighted by molar-refractivity contribution is -0.139. The molecule has 3 unspecified atom stereocenters. The molecule has 2 aromatic rings. The molecule has 1 aliphatic carbocycles. The van der Waals surface area contributed by atoms with Crippen molar-refractivity contribution < 1.29 is 18.0 Å². The summed E-state index contributed by atoms with van der Waals surface area (Å²) in [5.41, 5.74) is -0.355. The van der Waals surface area contributed by atoms with Gasteiger partial charge in [0.15, 0.2) is 0 Å². The number of carbonyl (C=O) groups excluding carboxylic acids is 1. The molecule has 0 radical (unpaired) electrons. The van der Waals surface area contributed by atoms with Crippen LogP contribution in [0.1, 0.15) is 120 Å². The summed E-state index contributed by atoms with van der Waals surface area (Å²) in [7, 11) is 1.74. The number of carbonyl (C=O) groups is 1. The van der Waals surface area contributed by atoms with Gasteiger partial charge < -0.3 is 0 Å². The number of hydrogen-bond donors (Lipinski definition) is 1. The third-order valence-corrected chi connectivity index (χ3v) is 8.81. The highest BCUT2D eigenvalue weighted by Gasteiger charge is 2.41. The Bertz CT molecular complexity index is 1250. The molecule has 2 aromatic heterocycles. The minimum atomic E-state index is -4.69. The van der Waals surface area contributed by atoms with Gasteiger partial charge in [-0.15, -0.1) is 0 Å². The summed E-state index contributed by atoms with van der Waals surface area (Å²) in [5, 5.41) is 14.5. The molecule has 0 aliphatic heterocycles. The van der Waals surface area contributed by atoms with E-state index in [0.717, 1.165) is 29.9 Å². The van der Waals surface area contributed by atoms with Crippen LogP contribution in [0.15, 0.2) is 23.1 Å². The van der Waals surface area contributed by atoms with Gasteiger partial charge in [0.25, 0.3) is 5.56 Å². The van der Waals surface area contributed by atoms with Crippen LogP contribution in [0.4, 0.5) is 13.2 Å². The zero-order valence-corrected chi connectivity index (χ0v) is 26.6. The number of unbranched alkanes of at least 4 members (excludes halogenated alkanes) is 1. The number of aromatic nitrogens is 3. The molecule has 0 spiro atoms. The summed E-state index contributed by atoms with van der Waals surface area (Å²) in [4.78, 5) is 28.6. The van der Waals surface area contributed by atoms with Crippen LogP contribution < -0.4 is 5.56 Å². The van der Waals surface area contributed by atoms with E-state index < -0.39 is 17.3 Å². The number of nitrogens with zero attached hydrogens (tertiary/aromatic N) is 4. The molecule has 0 saturated carbocycles. The molecule has 3 rings (SSSR count). The average molecular weight is 604 g/mol. The second-order valence-electron chi connectivity index (χ2n) is 12.2. The predicted octanol–water partition coefficient (Wildman–Crippen LogP) is 7.45. The molecule has 0 fully saturated rings. The van der Waals surface area contributed by atoms with Crippen LogP contribution in [-0.2, 0) is 23.8 Å². The first kappa shape index (κ1) is 36.1. The van der Waals surface area contributed by atoms with Crippen LogP contribution in [0.3, 0.4) is 0 Å². The number of pyridine rings is 1. The number of fused-ring (bicyclic) bond motifs is 1. The number of halogens is 3. The first-order valence-corrected chi connectivity index (χ1v) is 15.5. The van der Waals surface area contributed by atoms with Crippen LogP contribution in [0, 0.1) is 29.1 Å². The van der Waals surface area contributed by atoms with Crippen molar-refractivity contribution in [2.45, 2.75) is 111 Å². The molecule has 238 valence electrons. The number of ketones is 1. The fourth-order valence-electron chi connectivity index (χ4n) is 5.40. The SMILES string of the molecule is CC(=O)CCN(C)C1CCc2c1n[nH]c(=O)c2C(F)(F)F.CCC(C)CC[C@@H](C)C(C)CCCCc1ccc(C#N)cn1. The number of nitriles is 1. The number of rotatable bonds is 14. The molecule has 43 heavy (non-hydrogen) atoms. The third-order valence-electron chi connectivity index (χ3n) is 8.81. The number of aryl methyl sites for hydroxylation is 1. The van der Waals surface area contributed by atoms with Crippen LogP contribution >= 0.6 is 0 Å². The number of H-pyrrole nitrogens is 1. The van der Waals surface area contributed by atoms with Crippen molar-refractivity contribution in [1.82, 2.24) is 20.1 Å². The summed E-state index contributed by atoms with van der Waals surface area (Å²) >= 11 is 0. The van der Waals surface area contributed by atoms with Gasteiger partial charge in [-0.2, -0.15) is 23.5 Å². The average Bonchev–Trinajstić information content (AvgIpc) is 3.40. The molecule has 0 bridgehead atoms. The number of nitrogens with one attached hydrogen (secondary N) is 1. The monoisotopic (exact) mass is 603 g/mol. The zero-order chi connectivity index (χ0) is 32.2. The maximum absolute atomic E-state index is 13.0. The van der Waals surface area contributed by atoms with Crippen molar-refractivity contribution in [2.75, 3.05) is 13.6 Å². The highest BCUT2D eigenvalue weighted by molar-refractivity contribution is 5.75. The summed E-state index contributed by atoms with van der Waals surface area (Å²) < 4.78 is 38.9. The van der Waals surface area contributed by atoms with Crippen LogP contribution in [-0.4, -0.2) is 39.5 Å². The van der Waals surface area contributed by atoms with Crippen molar-refractivity contribution in [3.8, 4) is 6.07 Å². The van der Waals surface area contributed by atoms with Crippen molar-refractivity contribution in [2.24, 2.45) is 17.8 Å². The number of Topliss-reactive ketones (excluding diaryl/α,β-unsaturated/α-hetero) is 1. The predicted molar refractivity (Wildman–Crippen MR) is 162 cm³/mol. The molecular weight excluding hydrogens is 555 g/mol. The Labute approximate surface area is 254 Å². The molecule has 2 heterocycles. The van der Waals surface area contributed by atoms with Gasteiger partial charge in [-0.3, -0.25) is 19.5 Å². The molecule has 0 aromatic carbocycles. The summed E-state index contributed by atoms with van der Waals surface area (Å²) in [6.07, 6.45) is 6.80. The molecule has 7 nitrogen and oxygen atoms in total. The lowest BCUT2D eigenvalue weighted by Crippen LogP contribution is -2.29. The van der Waals surface area contributed by atoms with E-state index in [2.05, 4.69) is 43.8 Å². The zero-order valence-electron chi connectivity index (χ0n) is 26.6. The smallest absolute Gasteiger partial charge is 0.300 e. The second-order valence-corrected chi connectivity index (χ2v) is 12.2. The Hall–Kier alpha value is -3.06. The highest BCUT2D eigenvalue weighted by atomic mass is 19.4.